The quantitative estimate of drug-likeness (QED) is 0.391. The molecule has 1 aliphatic heterocycles. The van der Waals surface area contributed by atoms with E-state index in [1.54, 1.807) is 0 Å². The van der Waals surface area contributed by atoms with Crippen molar-refractivity contribution in [2.45, 2.75) is 18.1 Å². The summed E-state index contributed by atoms with van der Waals surface area (Å²) < 4.78 is 4.36. The van der Waals surface area contributed by atoms with Gasteiger partial charge < -0.3 is 20.1 Å². The third-order valence-corrected chi connectivity index (χ3v) is 1.69. The third kappa shape index (κ3) is 2.52. The van der Waals surface area contributed by atoms with E-state index in [0.717, 1.165) is 0 Å². The molecule has 8 heteroatoms. The monoisotopic (exact) mass is 229 g/mol. The molecule has 1 aliphatic rings. The van der Waals surface area contributed by atoms with E-state index in [0.29, 0.717) is 0 Å². The van der Waals surface area contributed by atoms with Crippen LogP contribution < -0.4 is 0 Å². The first-order valence-electron chi connectivity index (χ1n) is 3.26. The molecule has 7 nitrogen and oxygen atoms in total. The number of aliphatic carboxylic acids is 3. The Morgan fingerprint density at radius 1 is 1.21 bits per heavy atom. The minimum absolute atomic E-state index is 0. The Morgan fingerprint density at radius 3 is 1.93 bits per heavy atom. The zero-order valence-corrected chi connectivity index (χ0v) is 10.4. The molecular formula is C6H6KO7. The van der Waals surface area contributed by atoms with Crippen molar-refractivity contribution in [2.24, 2.45) is 0 Å². The summed E-state index contributed by atoms with van der Waals surface area (Å²) in [7, 11) is 0. The van der Waals surface area contributed by atoms with E-state index >= 15 is 0 Å². The van der Waals surface area contributed by atoms with E-state index < -0.39 is 36.0 Å². The molecule has 3 N–H and O–H groups in total. The van der Waals surface area contributed by atoms with E-state index in [1.165, 1.54) is 0 Å². The Morgan fingerprint density at radius 2 is 1.71 bits per heavy atom. The van der Waals surface area contributed by atoms with E-state index in [-0.39, 0.29) is 51.4 Å². The van der Waals surface area contributed by atoms with Crippen LogP contribution in [0.4, 0.5) is 0 Å². The van der Waals surface area contributed by atoms with Gasteiger partial charge in [-0.2, -0.15) is 0 Å². The molecule has 0 amide bonds. The molecule has 1 rings (SSSR count). The van der Waals surface area contributed by atoms with Crippen molar-refractivity contribution >= 4 is 69.3 Å². The summed E-state index contributed by atoms with van der Waals surface area (Å²) in [4.78, 5) is 31.0. The molecule has 0 unspecified atom stereocenters. The van der Waals surface area contributed by atoms with E-state index in [9.17, 15) is 14.4 Å². The molecule has 2 atom stereocenters. The first kappa shape index (κ1) is 14.0. The third-order valence-electron chi connectivity index (χ3n) is 1.69. The number of ether oxygens (including phenoxy) is 1. The SMILES string of the molecule is O=C(O)C[C@@]1(C(=O)O)O[C@H]1C(=O)O.[K]. The van der Waals surface area contributed by atoms with E-state index in [4.69, 9.17) is 15.3 Å². The van der Waals surface area contributed by atoms with Gasteiger partial charge in [-0.05, 0) is 0 Å². The second-order valence-electron chi connectivity index (χ2n) is 2.60. The summed E-state index contributed by atoms with van der Waals surface area (Å²) in [6.45, 7) is 0. The Balaban J connectivity index is 0.00000169. The molecular weight excluding hydrogens is 223 g/mol. The van der Waals surface area contributed by atoms with Crippen molar-refractivity contribution in [3.63, 3.8) is 0 Å². The summed E-state index contributed by atoms with van der Waals surface area (Å²) in [5.41, 5.74) is -2.07. The maximum absolute atomic E-state index is 10.5. The second kappa shape index (κ2) is 4.68. The second-order valence-corrected chi connectivity index (χ2v) is 2.60. The van der Waals surface area contributed by atoms with Gasteiger partial charge in [-0.25, -0.2) is 9.59 Å². The maximum Gasteiger partial charge on any atom is 0.340 e. The number of carbonyl (C=O) groups is 3. The molecule has 0 aromatic heterocycles. The van der Waals surface area contributed by atoms with Crippen LogP contribution in [0.15, 0.2) is 0 Å². The van der Waals surface area contributed by atoms with E-state index in [1.807, 2.05) is 0 Å². The molecule has 0 aromatic rings. The minimum atomic E-state index is -2.07. The summed E-state index contributed by atoms with van der Waals surface area (Å²) in [6.07, 6.45) is -2.40. The van der Waals surface area contributed by atoms with Crippen LogP contribution in [0.5, 0.6) is 0 Å². The predicted octanol–water partition coefficient (Wildman–Crippen LogP) is -1.61. The zero-order valence-electron chi connectivity index (χ0n) is 7.26. The van der Waals surface area contributed by atoms with Gasteiger partial charge in [0.25, 0.3) is 0 Å². The zero-order chi connectivity index (χ0) is 10.2. The molecule has 14 heavy (non-hydrogen) atoms. The molecule has 1 heterocycles. The molecule has 0 saturated carbocycles. The van der Waals surface area contributed by atoms with Crippen molar-refractivity contribution in [3.8, 4) is 0 Å². The van der Waals surface area contributed by atoms with Crippen LogP contribution >= 0.6 is 0 Å². The van der Waals surface area contributed by atoms with Crippen LogP contribution in [0, 0.1) is 0 Å². The predicted molar refractivity (Wildman–Crippen MR) is 40.9 cm³/mol. The molecule has 0 spiro atoms. The fraction of sp³-hybridized carbons (Fsp3) is 0.500. The smallest absolute Gasteiger partial charge is 0.340 e. The summed E-state index contributed by atoms with van der Waals surface area (Å²) in [5, 5.41) is 25.2. The summed E-state index contributed by atoms with van der Waals surface area (Å²) >= 11 is 0. The van der Waals surface area contributed by atoms with Crippen LogP contribution in [0.25, 0.3) is 0 Å². The number of epoxide rings is 1. The summed E-state index contributed by atoms with van der Waals surface area (Å²) in [5.74, 6) is -4.45. The Labute approximate surface area is 120 Å². The van der Waals surface area contributed by atoms with Crippen molar-refractivity contribution in [3.05, 3.63) is 0 Å². The van der Waals surface area contributed by atoms with Gasteiger partial charge in [0.15, 0.2) is 6.10 Å². The number of hydrogen-bond donors (Lipinski definition) is 3. The van der Waals surface area contributed by atoms with E-state index in [2.05, 4.69) is 4.74 Å². The molecule has 1 saturated heterocycles. The number of hydrogen-bond acceptors (Lipinski definition) is 4. The molecule has 1 fully saturated rings. The van der Waals surface area contributed by atoms with Gasteiger partial charge in [-0.3, -0.25) is 4.79 Å². The minimum Gasteiger partial charge on any atom is -0.481 e. The number of carboxylic acids is 3. The Hall–Kier alpha value is 0.00636. The van der Waals surface area contributed by atoms with Crippen LogP contribution in [0.2, 0.25) is 0 Å². The number of carboxylic acid groups (broad SMARTS) is 3. The van der Waals surface area contributed by atoms with Crippen molar-refractivity contribution in [1.82, 2.24) is 0 Å². The standard InChI is InChI=1S/C6H6O7.K/c7-2(8)1-6(5(11)12)3(13-6)4(9)10;/h3H,1H2,(H,7,8)(H,9,10)(H,11,12);/t3-,6+;/m0./s1. The van der Waals surface area contributed by atoms with Crippen LogP contribution in [-0.4, -0.2) is 96.3 Å². The van der Waals surface area contributed by atoms with Crippen LogP contribution in [0.1, 0.15) is 6.42 Å². The van der Waals surface area contributed by atoms with Crippen LogP contribution in [-0.2, 0) is 19.1 Å². The van der Waals surface area contributed by atoms with Crippen molar-refractivity contribution in [1.29, 1.82) is 0 Å². The van der Waals surface area contributed by atoms with Gasteiger partial charge in [0, 0.05) is 51.4 Å². The van der Waals surface area contributed by atoms with Gasteiger partial charge in [-0.15, -0.1) is 0 Å². The fourth-order valence-corrected chi connectivity index (χ4v) is 1.02. The fourth-order valence-electron chi connectivity index (χ4n) is 1.02. The molecule has 1 radical (unpaired) electrons. The molecule has 0 bridgehead atoms. The van der Waals surface area contributed by atoms with Crippen molar-refractivity contribution in [2.75, 3.05) is 0 Å². The molecule has 0 aromatic carbocycles. The maximum atomic E-state index is 10.5. The average Bonchev–Trinajstić information content (AvgIpc) is 2.62. The van der Waals surface area contributed by atoms with Gasteiger partial charge >= 0.3 is 17.9 Å². The number of rotatable bonds is 4. The molecule has 73 valence electrons. The summed E-state index contributed by atoms with van der Waals surface area (Å²) in [6, 6.07) is 0. The Kier molecular flexibility index (Phi) is 4.69. The van der Waals surface area contributed by atoms with Gasteiger partial charge in [0.1, 0.15) is 0 Å². The van der Waals surface area contributed by atoms with Crippen LogP contribution in [0.3, 0.4) is 0 Å². The van der Waals surface area contributed by atoms with Gasteiger partial charge in [0.05, 0.1) is 6.42 Å². The first-order chi connectivity index (χ1) is 5.90. The average molecular weight is 229 g/mol. The van der Waals surface area contributed by atoms with Gasteiger partial charge in [0.2, 0.25) is 5.60 Å². The van der Waals surface area contributed by atoms with Crippen molar-refractivity contribution < 1.29 is 34.4 Å². The topological polar surface area (TPSA) is 124 Å². The molecule has 0 aliphatic carbocycles. The largest absolute Gasteiger partial charge is 0.481 e. The Bertz CT molecular complexity index is 288. The normalized spacial score (nSPS) is 28.7. The first-order valence-corrected chi connectivity index (χ1v) is 3.26. The van der Waals surface area contributed by atoms with Gasteiger partial charge in [-0.1, -0.05) is 0 Å².